The van der Waals surface area contributed by atoms with Gasteiger partial charge < -0.3 is 14.3 Å². The van der Waals surface area contributed by atoms with Gasteiger partial charge in [-0.05, 0) is 31.5 Å². The molecule has 1 aromatic rings. The number of halogens is 1. The highest BCUT2D eigenvalue weighted by molar-refractivity contribution is 6.30. The summed E-state index contributed by atoms with van der Waals surface area (Å²) in [6, 6.07) is 7.10. The van der Waals surface area contributed by atoms with E-state index in [0.29, 0.717) is 5.02 Å². The van der Waals surface area contributed by atoms with Crippen LogP contribution in [0.25, 0.3) is 0 Å². The molecule has 0 bridgehead atoms. The molecule has 0 spiro atoms. The predicted molar refractivity (Wildman–Crippen MR) is 72.7 cm³/mol. The summed E-state index contributed by atoms with van der Waals surface area (Å²) < 4.78 is 11.6. The zero-order valence-electron chi connectivity index (χ0n) is 10.9. The van der Waals surface area contributed by atoms with Crippen LogP contribution in [0.1, 0.15) is 25.8 Å². The van der Waals surface area contributed by atoms with E-state index < -0.39 is 17.5 Å². The van der Waals surface area contributed by atoms with Crippen molar-refractivity contribution in [3.05, 3.63) is 34.9 Å². The first-order chi connectivity index (χ1) is 8.93. The highest BCUT2D eigenvalue weighted by Crippen LogP contribution is 2.45. The van der Waals surface area contributed by atoms with Crippen LogP contribution in [0.5, 0.6) is 0 Å². The van der Waals surface area contributed by atoms with Crippen molar-refractivity contribution >= 4 is 17.9 Å². The van der Waals surface area contributed by atoms with Crippen molar-refractivity contribution in [1.82, 2.24) is 0 Å². The van der Waals surface area contributed by atoms with E-state index in [1.165, 1.54) is 0 Å². The molecule has 1 aliphatic rings. The molecule has 2 unspecified atom stereocenters. The molecule has 0 aromatic heterocycles. The number of ether oxygens (including phenoxy) is 2. The number of carbonyl (C=O) groups excluding carboxylic acids is 1. The van der Waals surface area contributed by atoms with E-state index in [1.807, 2.05) is 0 Å². The first-order valence-corrected chi connectivity index (χ1v) is 6.34. The molecule has 1 heterocycles. The van der Waals surface area contributed by atoms with Gasteiger partial charge in [-0.2, -0.15) is 0 Å². The number of carbonyl (C=O) groups is 1. The molecule has 2 atom stereocenters. The second-order valence-corrected chi connectivity index (χ2v) is 5.39. The predicted octanol–water partition coefficient (Wildman–Crippen LogP) is 2.91. The van der Waals surface area contributed by atoms with Crippen LogP contribution in [0.15, 0.2) is 24.3 Å². The molecule has 0 amide bonds. The molecule has 1 aromatic carbocycles. The molecule has 0 N–H and O–H groups in total. The molecular weight excluding hydrogens is 264 g/mol. The number of hydrogen-bond donors (Lipinski definition) is 0. The van der Waals surface area contributed by atoms with Crippen LogP contribution in [0, 0.1) is 12.3 Å². The standard InChI is InChI=1S/C15H15ClO3/c1-4-9-15(11-5-7-12(16)8-6-11)13(10-17)18-14(2,3)19-15/h1,5-8,10,13H,9H2,2-3H3. The molecule has 1 aliphatic heterocycles. The number of rotatable bonds is 3. The minimum Gasteiger partial charge on any atom is -0.336 e. The average Bonchev–Trinajstić information content (AvgIpc) is 2.62. The quantitative estimate of drug-likeness (QED) is 0.630. The molecular formula is C15H15ClO3. The molecule has 3 nitrogen and oxygen atoms in total. The summed E-state index contributed by atoms with van der Waals surface area (Å²) in [4.78, 5) is 11.3. The van der Waals surface area contributed by atoms with Gasteiger partial charge >= 0.3 is 0 Å². The molecule has 0 aliphatic carbocycles. The van der Waals surface area contributed by atoms with Crippen LogP contribution in [-0.4, -0.2) is 18.2 Å². The SMILES string of the molecule is C#CCC1(c2ccc(Cl)cc2)OC(C)(C)OC1C=O. The average molecular weight is 279 g/mol. The van der Waals surface area contributed by atoms with Crippen molar-refractivity contribution in [2.45, 2.75) is 37.8 Å². The summed E-state index contributed by atoms with van der Waals surface area (Å²) in [5.41, 5.74) is -0.164. The zero-order valence-corrected chi connectivity index (χ0v) is 11.6. The Labute approximate surface area is 117 Å². The van der Waals surface area contributed by atoms with Gasteiger partial charge in [-0.15, -0.1) is 12.3 Å². The monoisotopic (exact) mass is 278 g/mol. The van der Waals surface area contributed by atoms with Gasteiger partial charge in [0.2, 0.25) is 0 Å². The van der Waals surface area contributed by atoms with E-state index in [0.717, 1.165) is 11.8 Å². The Hall–Kier alpha value is -1.34. The molecule has 2 rings (SSSR count). The lowest BCUT2D eigenvalue weighted by Gasteiger charge is -2.30. The fraction of sp³-hybridized carbons (Fsp3) is 0.400. The van der Waals surface area contributed by atoms with Crippen molar-refractivity contribution in [3.8, 4) is 12.3 Å². The lowest BCUT2D eigenvalue weighted by molar-refractivity contribution is -0.165. The van der Waals surface area contributed by atoms with E-state index in [4.69, 9.17) is 27.5 Å². The lowest BCUT2D eigenvalue weighted by Crippen LogP contribution is -2.38. The highest BCUT2D eigenvalue weighted by atomic mass is 35.5. The number of terminal acetylenes is 1. The van der Waals surface area contributed by atoms with Crippen LogP contribution in [0.4, 0.5) is 0 Å². The van der Waals surface area contributed by atoms with Crippen LogP contribution in [0.3, 0.4) is 0 Å². The smallest absolute Gasteiger partial charge is 0.165 e. The molecule has 0 radical (unpaired) electrons. The third kappa shape index (κ3) is 2.52. The van der Waals surface area contributed by atoms with Gasteiger partial charge in [-0.1, -0.05) is 23.7 Å². The maximum absolute atomic E-state index is 11.3. The van der Waals surface area contributed by atoms with Gasteiger partial charge in [0.1, 0.15) is 5.60 Å². The molecule has 19 heavy (non-hydrogen) atoms. The topological polar surface area (TPSA) is 35.5 Å². The fourth-order valence-corrected chi connectivity index (χ4v) is 2.53. The van der Waals surface area contributed by atoms with E-state index in [2.05, 4.69) is 5.92 Å². The van der Waals surface area contributed by atoms with E-state index in [9.17, 15) is 4.79 Å². The third-order valence-corrected chi connectivity index (χ3v) is 3.37. The summed E-state index contributed by atoms with van der Waals surface area (Å²) in [5, 5.41) is 0.612. The Morgan fingerprint density at radius 3 is 2.58 bits per heavy atom. The van der Waals surface area contributed by atoms with Crippen molar-refractivity contribution in [2.75, 3.05) is 0 Å². The van der Waals surface area contributed by atoms with Gasteiger partial charge in [-0.3, -0.25) is 0 Å². The van der Waals surface area contributed by atoms with Crippen molar-refractivity contribution in [1.29, 1.82) is 0 Å². The third-order valence-electron chi connectivity index (χ3n) is 3.12. The van der Waals surface area contributed by atoms with Gasteiger partial charge in [0.05, 0.1) is 0 Å². The van der Waals surface area contributed by atoms with E-state index in [1.54, 1.807) is 38.1 Å². The summed E-state index contributed by atoms with van der Waals surface area (Å²) in [7, 11) is 0. The van der Waals surface area contributed by atoms with Crippen LogP contribution < -0.4 is 0 Å². The zero-order chi connectivity index (χ0) is 14.1. The van der Waals surface area contributed by atoms with Gasteiger partial charge in [0.15, 0.2) is 18.2 Å². The van der Waals surface area contributed by atoms with Crippen molar-refractivity contribution in [3.63, 3.8) is 0 Å². The highest BCUT2D eigenvalue weighted by Gasteiger charge is 2.54. The number of aldehydes is 1. The normalized spacial score (nSPS) is 28.8. The van der Waals surface area contributed by atoms with E-state index >= 15 is 0 Å². The van der Waals surface area contributed by atoms with Gasteiger partial charge in [-0.25, -0.2) is 0 Å². The molecule has 100 valence electrons. The minimum absolute atomic E-state index is 0.251. The number of hydrogen-bond acceptors (Lipinski definition) is 3. The van der Waals surface area contributed by atoms with E-state index in [-0.39, 0.29) is 6.42 Å². The first-order valence-electron chi connectivity index (χ1n) is 5.96. The molecule has 0 saturated carbocycles. The second kappa shape index (κ2) is 4.97. The summed E-state index contributed by atoms with van der Waals surface area (Å²) >= 11 is 5.89. The van der Waals surface area contributed by atoms with Crippen molar-refractivity contribution < 1.29 is 14.3 Å². The summed E-state index contributed by atoms with van der Waals surface area (Å²) in [5.74, 6) is 1.71. The van der Waals surface area contributed by atoms with Gasteiger partial charge in [0, 0.05) is 11.4 Å². The van der Waals surface area contributed by atoms with Crippen LogP contribution in [0.2, 0.25) is 5.02 Å². The first kappa shape index (κ1) is 14.1. The molecule has 4 heteroatoms. The Balaban J connectivity index is 2.51. The maximum Gasteiger partial charge on any atom is 0.165 e. The van der Waals surface area contributed by atoms with Crippen LogP contribution in [-0.2, 0) is 19.9 Å². The Morgan fingerprint density at radius 1 is 1.42 bits per heavy atom. The van der Waals surface area contributed by atoms with Crippen LogP contribution >= 0.6 is 11.6 Å². The van der Waals surface area contributed by atoms with Gasteiger partial charge in [0.25, 0.3) is 0 Å². The summed E-state index contributed by atoms with van der Waals surface area (Å²) in [6.45, 7) is 3.52. The minimum atomic E-state index is -0.954. The van der Waals surface area contributed by atoms with Crippen molar-refractivity contribution in [2.24, 2.45) is 0 Å². The number of benzene rings is 1. The summed E-state index contributed by atoms with van der Waals surface area (Å²) in [6.07, 6.45) is 5.69. The Bertz CT molecular complexity index is 515. The molecule has 1 fully saturated rings. The molecule has 1 saturated heterocycles. The largest absolute Gasteiger partial charge is 0.336 e. The Kier molecular flexibility index (Phi) is 3.69. The fourth-order valence-electron chi connectivity index (χ4n) is 2.40. The maximum atomic E-state index is 11.3. The Morgan fingerprint density at radius 2 is 2.05 bits per heavy atom. The lowest BCUT2D eigenvalue weighted by atomic mass is 9.86. The second-order valence-electron chi connectivity index (χ2n) is 4.95.